The molecule has 0 spiro atoms. The Balaban J connectivity index is 1.72. The maximum absolute atomic E-state index is 5.52. The molecular formula is C16H20N2O2. The summed E-state index contributed by atoms with van der Waals surface area (Å²) in [5.74, 6) is 2.55. The van der Waals surface area contributed by atoms with Crippen LogP contribution in [0.25, 0.3) is 10.9 Å². The van der Waals surface area contributed by atoms with E-state index in [9.17, 15) is 0 Å². The highest BCUT2D eigenvalue weighted by molar-refractivity contribution is 5.87. The predicted molar refractivity (Wildman–Crippen MR) is 78.3 cm³/mol. The van der Waals surface area contributed by atoms with Gasteiger partial charge in [0, 0.05) is 24.7 Å². The number of aryl methyl sites for hydroxylation is 1. The molecule has 0 unspecified atom stereocenters. The molecule has 20 heavy (non-hydrogen) atoms. The molecular weight excluding hydrogens is 252 g/mol. The van der Waals surface area contributed by atoms with Crippen molar-refractivity contribution in [2.75, 3.05) is 19.9 Å². The van der Waals surface area contributed by atoms with E-state index in [2.05, 4.69) is 35.3 Å². The molecule has 1 N–H and O–H groups in total. The predicted octanol–water partition coefficient (Wildman–Crippen LogP) is 2.45. The number of benzene rings is 1. The summed E-state index contributed by atoms with van der Waals surface area (Å²) in [4.78, 5) is 0. The van der Waals surface area contributed by atoms with Crippen molar-refractivity contribution in [2.45, 2.75) is 19.3 Å². The SMILES string of the molecule is Cn1cc(CC2CCNCC2)c2cc3c(cc21)OCO3. The standard InChI is InChI=1S/C16H20N2O2/c1-18-9-12(6-11-2-4-17-5-3-11)13-7-15-16(8-14(13)18)20-10-19-15/h7-9,11,17H,2-6,10H2,1H3. The molecule has 4 heteroatoms. The molecule has 1 saturated heterocycles. The topological polar surface area (TPSA) is 35.4 Å². The zero-order chi connectivity index (χ0) is 13.5. The van der Waals surface area contributed by atoms with Crippen molar-refractivity contribution in [1.82, 2.24) is 9.88 Å². The van der Waals surface area contributed by atoms with Gasteiger partial charge in [0.2, 0.25) is 6.79 Å². The monoisotopic (exact) mass is 272 g/mol. The molecule has 3 heterocycles. The molecule has 1 aromatic heterocycles. The fourth-order valence-electron chi connectivity index (χ4n) is 3.41. The normalized spacial score (nSPS) is 18.9. The van der Waals surface area contributed by atoms with Gasteiger partial charge in [0.05, 0.1) is 5.52 Å². The van der Waals surface area contributed by atoms with Crippen LogP contribution in [-0.2, 0) is 13.5 Å². The smallest absolute Gasteiger partial charge is 0.231 e. The van der Waals surface area contributed by atoms with Gasteiger partial charge < -0.3 is 19.4 Å². The number of hydrogen-bond donors (Lipinski definition) is 1. The Morgan fingerprint density at radius 1 is 1.20 bits per heavy atom. The number of nitrogens with one attached hydrogen (secondary N) is 1. The van der Waals surface area contributed by atoms with Crippen LogP contribution < -0.4 is 14.8 Å². The molecule has 106 valence electrons. The summed E-state index contributed by atoms with van der Waals surface area (Å²) < 4.78 is 13.2. The highest BCUT2D eigenvalue weighted by atomic mass is 16.7. The number of piperidine rings is 1. The third-order valence-electron chi connectivity index (χ3n) is 4.53. The lowest BCUT2D eigenvalue weighted by Gasteiger charge is -2.22. The largest absolute Gasteiger partial charge is 0.454 e. The van der Waals surface area contributed by atoms with E-state index in [1.807, 2.05) is 0 Å². The van der Waals surface area contributed by atoms with Crippen LogP contribution in [0.4, 0.5) is 0 Å². The van der Waals surface area contributed by atoms with Crippen LogP contribution in [0.5, 0.6) is 11.5 Å². The number of aromatic nitrogens is 1. The number of hydrogen-bond acceptors (Lipinski definition) is 3. The molecule has 0 atom stereocenters. The first-order chi connectivity index (χ1) is 9.81. The molecule has 4 nitrogen and oxygen atoms in total. The molecule has 2 aliphatic rings. The Kier molecular flexibility index (Phi) is 2.84. The molecule has 0 amide bonds. The Morgan fingerprint density at radius 3 is 2.75 bits per heavy atom. The molecule has 2 aliphatic heterocycles. The molecule has 1 fully saturated rings. The second kappa shape index (κ2) is 4.70. The average Bonchev–Trinajstić information content (AvgIpc) is 3.04. The van der Waals surface area contributed by atoms with Crippen molar-refractivity contribution >= 4 is 10.9 Å². The van der Waals surface area contributed by atoms with Crippen LogP contribution in [0.15, 0.2) is 18.3 Å². The molecule has 1 aromatic carbocycles. The van der Waals surface area contributed by atoms with Crippen molar-refractivity contribution in [2.24, 2.45) is 13.0 Å². The van der Waals surface area contributed by atoms with E-state index in [1.165, 1.54) is 35.7 Å². The first-order valence-electron chi connectivity index (χ1n) is 7.39. The minimum Gasteiger partial charge on any atom is -0.454 e. The van der Waals surface area contributed by atoms with Crippen LogP contribution in [0.3, 0.4) is 0 Å². The molecule has 0 bridgehead atoms. The lowest BCUT2D eigenvalue weighted by molar-refractivity contribution is 0.174. The number of rotatable bonds is 2. The van der Waals surface area contributed by atoms with Crippen LogP contribution in [0.2, 0.25) is 0 Å². The average molecular weight is 272 g/mol. The third-order valence-corrected chi connectivity index (χ3v) is 4.53. The fourth-order valence-corrected chi connectivity index (χ4v) is 3.41. The Labute approximate surface area is 118 Å². The third kappa shape index (κ3) is 1.95. The van der Waals surface area contributed by atoms with Gasteiger partial charge in [0.15, 0.2) is 11.5 Å². The van der Waals surface area contributed by atoms with E-state index < -0.39 is 0 Å². The van der Waals surface area contributed by atoms with Crippen molar-refractivity contribution in [3.8, 4) is 11.5 Å². The van der Waals surface area contributed by atoms with Gasteiger partial charge in [-0.25, -0.2) is 0 Å². The Morgan fingerprint density at radius 2 is 1.95 bits per heavy atom. The van der Waals surface area contributed by atoms with E-state index in [0.717, 1.165) is 30.5 Å². The number of fused-ring (bicyclic) bond motifs is 2. The van der Waals surface area contributed by atoms with Crippen LogP contribution in [0.1, 0.15) is 18.4 Å². The van der Waals surface area contributed by atoms with E-state index in [-0.39, 0.29) is 0 Å². The maximum Gasteiger partial charge on any atom is 0.231 e. The fraction of sp³-hybridized carbons (Fsp3) is 0.500. The van der Waals surface area contributed by atoms with Crippen molar-refractivity contribution in [3.63, 3.8) is 0 Å². The zero-order valence-electron chi connectivity index (χ0n) is 11.8. The quantitative estimate of drug-likeness (QED) is 0.912. The van der Waals surface area contributed by atoms with E-state index in [1.54, 1.807) is 0 Å². The molecule has 4 rings (SSSR count). The van der Waals surface area contributed by atoms with Gasteiger partial charge in [-0.2, -0.15) is 0 Å². The first-order valence-corrected chi connectivity index (χ1v) is 7.39. The molecule has 0 radical (unpaired) electrons. The molecule has 0 saturated carbocycles. The minimum atomic E-state index is 0.343. The molecule has 2 aromatic rings. The number of ether oxygens (including phenoxy) is 2. The van der Waals surface area contributed by atoms with Gasteiger partial charge in [-0.1, -0.05) is 0 Å². The van der Waals surface area contributed by atoms with Crippen LogP contribution in [-0.4, -0.2) is 24.4 Å². The van der Waals surface area contributed by atoms with Crippen LogP contribution in [0, 0.1) is 5.92 Å². The second-order valence-electron chi connectivity index (χ2n) is 5.89. The summed E-state index contributed by atoms with van der Waals surface area (Å²) in [7, 11) is 2.11. The van der Waals surface area contributed by atoms with Gasteiger partial charge in [-0.15, -0.1) is 0 Å². The van der Waals surface area contributed by atoms with Gasteiger partial charge >= 0.3 is 0 Å². The van der Waals surface area contributed by atoms with Crippen molar-refractivity contribution in [3.05, 3.63) is 23.9 Å². The lowest BCUT2D eigenvalue weighted by atomic mass is 9.91. The van der Waals surface area contributed by atoms with Crippen molar-refractivity contribution < 1.29 is 9.47 Å². The minimum absolute atomic E-state index is 0.343. The highest BCUT2D eigenvalue weighted by Crippen LogP contribution is 2.38. The van der Waals surface area contributed by atoms with Gasteiger partial charge in [0.25, 0.3) is 0 Å². The van der Waals surface area contributed by atoms with E-state index in [4.69, 9.17) is 9.47 Å². The van der Waals surface area contributed by atoms with Crippen LogP contribution >= 0.6 is 0 Å². The van der Waals surface area contributed by atoms with Crippen molar-refractivity contribution in [1.29, 1.82) is 0 Å². The van der Waals surface area contributed by atoms with E-state index >= 15 is 0 Å². The Hall–Kier alpha value is -1.68. The summed E-state index contributed by atoms with van der Waals surface area (Å²) in [6, 6.07) is 4.25. The van der Waals surface area contributed by atoms with Gasteiger partial charge in [0.1, 0.15) is 0 Å². The summed E-state index contributed by atoms with van der Waals surface area (Å²) in [5, 5.41) is 4.75. The first kappa shape index (κ1) is 12.1. The highest BCUT2D eigenvalue weighted by Gasteiger charge is 2.20. The molecule has 0 aliphatic carbocycles. The summed E-state index contributed by atoms with van der Waals surface area (Å²) in [6.45, 7) is 2.65. The van der Waals surface area contributed by atoms with Gasteiger partial charge in [-0.3, -0.25) is 0 Å². The number of nitrogens with zero attached hydrogens (tertiary/aromatic N) is 1. The maximum atomic E-state index is 5.52. The lowest BCUT2D eigenvalue weighted by Crippen LogP contribution is -2.28. The summed E-state index contributed by atoms with van der Waals surface area (Å²) in [6.07, 6.45) is 5.99. The summed E-state index contributed by atoms with van der Waals surface area (Å²) in [5.41, 5.74) is 2.67. The van der Waals surface area contributed by atoms with Gasteiger partial charge in [-0.05, 0) is 49.9 Å². The zero-order valence-corrected chi connectivity index (χ0v) is 11.8. The summed E-state index contributed by atoms with van der Waals surface area (Å²) >= 11 is 0. The van der Waals surface area contributed by atoms with E-state index in [0.29, 0.717) is 6.79 Å². The second-order valence-corrected chi connectivity index (χ2v) is 5.89. The Bertz CT molecular complexity index is 641.